The highest BCUT2D eigenvalue weighted by molar-refractivity contribution is 7.22. The fourth-order valence-corrected chi connectivity index (χ4v) is 3.68. The van der Waals surface area contributed by atoms with Gasteiger partial charge in [-0.05, 0) is 36.4 Å². The summed E-state index contributed by atoms with van der Waals surface area (Å²) in [5, 5.41) is 14.4. The van der Waals surface area contributed by atoms with Gasteiger partial charge in [0.25, 0.3) is 5.91 Å². The minimum Gasteiger partial charge on any atom is -0.494 e. The van der Waals surface area contributed by atoms with E-state index in [9.17, 15) is 4.79 Å². The van der Waals surface area contributed by atoms with Gasteiger partial charge in [-0.15, -0.1) is 5.10 Å². The van der Waals surface area contributed by atoms with Crippen LogP contribution in [0.5, 0.6) is 11.5 Å². The third-order valence-electron chi connectivity index (χ3n) is 4.34. The standard InChI is InChI=1S/C21H21N5O5S/c1-28-11-10-22-17(27)12-30-14-8-6-13(7-9-14)19-25-26-20(31-19)24-21-23-18-15(29-2)4-3-5-16(18)32-21/h3-9H,10-12H2,1-2H3,(H,22,27)(H,23,24,26). The summed E-state index contributed by atoms with van der Waals surface area (Å²) in [4.78, 5) is 16.2. The van der Waals surface area contributed by atoms with Crippen molar-refractivity contribution >= 4 is 38.6 Å². The normalized spacial score (nSPS) is 10.8. The molecule has 0 atom stereocenters. The van der Waals surface area contributed by atoms with Crippen molar-refractivity contribution < 1.29 is 23.4 Å². The van der Waals surface area contributed by atoms with Gasteiger partial charge in [-0.1, -0.05) is 22.5 Å². The Labute approximate surface area is 187 Å². The maximum atomic E-state index is 11.7. The van der Waals surface area contributed by atoms with Gasteiger partial charge in [0.15, 0.2) is 11.7 Å². The number of hydrogen-bond donors (Lipinski definition) is 2. The van der Waals surface area contributed by atoms with Crippen molar-refractivity contribution in [1.82, 2.24) is 20.5 Å². The number of benzene rings is 2. The molecule has 0 aliphatic carbocycles. The number of hydrogen-bond acceptors (Lipinski definition) is 10. The van der Waals surface area contributed by atoms with Gasteiger partial charge in [0, 0.05) is 19.2 Å². The molecule has 0 fully saturated rings. The van der Waals surface area contributed by atoms with E-state index >= 15 is 0 Å². The SMILES string of the molecule is COCCNC(=O)COc1ccc(-c2nnc(Nc3nc4c(OC)cccc4s3)o2)cc1. The molecule has 2 N–H and O–H groups in total. The van der Waals surface area contributed by atoms with Crippen molar-refractivity contribution in [3.8, 4) is 23.0 Å². The van der Waals surface area contributed by atoms with Gasteiger partial charge < -0.3 is 23.9 Å². The summed E-state index contributed by atoms with van der Waals surface area (Å²) in [6.45, 7) is 0.814. The van der Waals surface area contributed by atoms with Gasteiger partial charge in [0.05, 0.1) is 18.4 Å². The summed E-state index contributed by atoms with van der Waals surface area (Å²) < 4.78 is 22.4. The Balaban J connectivity index is 1.37. The highest BCUT2D eigenvalue weighted by Gasteiger charge is 2.13. The number of ether oxygens (including phenoxy) is 3. The van der Waals surface area contributed by atoms with E-state index in [0.29, 0.717) is 41.2 Å². The van der Waals surface area contributed by atoms with E-state index in [4.69, 9.17) is 18.6 Å². The lowest BCUT2D eigenvalue weighted by Crippen LogP contribution is -2.31. The number of anilines is 2. The molecule has 10 nitrogen and oxygen atoms in total. The molecule has 2 aromatic heterocycles. The summed E-state index contributed by atoms with van der Waals surface area (Å²) in [6.07, 6.45) is 0. The van der Waals surface area contributed by atoms with Crippen LogP contribution in [0.4, 0.5) is 11.1 Å². The minimum atomic E-state index is -0.216. The topological polar surface area (TPSA) is 121 Å². The van der Waals surface area contributed by atoms with Crippen LogP contribution >= 0.6 is 11.3 Å². The Kier molecular flexibility index (Phi) is 6.78. The lowest BCUT2D eigenvalue weighted by atomic mass is 10.2. The molecule has 0 spiro atoms. The second-order valence-corrected chi connectivity index (χ2v) is 7.55. The van der Waals surface area contributed by atoms with Crippen LogP contribution in [0, 0.1) is 0 Å². The van der Waals surface area contributed by atoms with Crippen LogP contribution < -0.4 is 20.1 Å². The number of rotatable bonds is 10. The maximum absolute atomic E-state index is 11.7. The first kappa shape index (κ1) is 21.5. The predicted octanol–water partition coefficient (Wildman–Crippen LogP) is 3.24. The molecule has 166 valence electrons. The van der Waals surface area contributed by atoms with Crippen molar-refractivity contribution in [2.45, 2.75) is 0 Å². The molecule has 2 heterocycles. The molecule has 4 rings (SSSR count). The minimum absolute atomic E-state index is 0.0787. The summed E-state index contributed by atoms with van der Waals surface area (Å²) >= 11 is 1.46. The highest BCUT2D eigenvalue weighted by atomic mass is 32.1. The molecule has 1 amide bonds. The number of amides is 1. The third kappa shape index (κ3) is 5.13. The van der Waals surface area contributed by atoms with Crippen LogP contribution in [0.2, 0.25) is 0 Å². The second-order valence-electron chi connectivity index (χ2n) is 6.52. The van der Waals surface area contributed by atoms with Crippen molar-refractivity contribution in [2.75, 3.05) is 39.3 Å². The first-order chi connectivity index (χ1) is 15.7. The molecule has 32 heavy (non-hydrogen) atoms. The molecule has 11 heteroatoms. The quantitative estimate of drug-likeness (QED) is 0.347. The van der Waals surface area contributed by atoms with Crippen LogP contribution in [-0.2, 0) is 9.53 Å². The smallest absolute Gasteiger partial charge is 0.322 e. The molecule has 0 unspecified atom stereocenters. The number of carbonyl (C=O) groups is 1. The molecule has 0 bridgehead atoms. The monoisotopic (exact) mass is 455 g/mol. The van der Waals surface area contributed by atoms with Crippen molar-refractivity contribution in [3.63, 3.8) is 0 Å². The molecule has 0 saturated heterocycles. The van der Waals surface area contributed by atoms with Gasteiger partial charge in [-0.2, -0.15) is 0 Å². The third-order valence-corrected chi connectivity index (χ3v) is 5.28. The van der Waals surface area contributed by atoms with E-state index in [1.54, 1.807) is 38.5 Å². The van der Waals surface area contributed by atoms with E-state index < -0.39 is 0 Å². The van der Waals surface area contributed by atoms with E-state index in [-0.39, 0.29) is 18.5 Å². The second kappa shape index (κ2) is 10.1. The fraction of sp³-hybridized carbons (Fsp3) is 0.238. The van der Waals surface area contributed by atoms with Crippen LogP contribution in [0.15, 0.2) is 46.9 Å². The average molecular weight is 455 g/mol. The summed E-state index contributed by atoms with van der Waals surface area (Å²) in [5.74, 6) is 1.38. The number of fused-ring (bicyclic) bond motifs is 1. The molecular formula is C21H21N5O5S. The summed E-state index contributed by atoms with van der Waals surface area (Å²) in [5.41, 5.74) is 1.48. The van der Waals surface area contributed by atoms with Crippen LogP contribution in [-0.4, -0.2) is 55.1 Å². The summed E-state index contributed by atoms with van der Waals surface area (Å²) in [7, 11) is 3.19. The zero-order valence-corrected chi connectivity index (χ0v) is 18.3. The molecular weight excluding hydrogens is 434 g/mol. The van der Waals surface area contributed by atoms with Crippen molar-refractivity contribution in [2.24, 2.45) is 0 Å². The van der Waals surface area contributed by atoms with E-state index in [2.05, 4.69) is 25.8 Å². The van der Waals surface area contributed by atoms with Crippen molar-refractivity contribution in [1.29, 1.82) is 0 Å². The van der Waals surface area contributed by atoms with Gasteiger partial charge in [-0.3, -0.25) is 10.1 Å². The maximum Gasteiger partial charge on any atom is 0.322 e. The molecule has 0 aliphatic rings. The summed E-state index contributed by atoms with van der Waals surface area (Å²) in [6, 6.07) is 13.0. The Morgan fingerprint density at radius 1 is 1.12 bits per heavy atom. The van der Waals surface area contributed by atoms with Crippen LogP contribution in [0.1, 0.15) is 0 Å². The first-order valence-electron chi connectivity index (χ1n) is 9.69. The van der Waals surface area contributed by atoms with E-state index in [0.717, 1.165) is 10.2 Å². The lowest BCUT2D eigenvalue weighted by molar-refractivity contribution is -0.123. The van der Waals surface area contributed by atoms with Gasteiger partial charge in [0.1, 0.15) is 17.0 Å². The average Bonchev–Trinajstić information content (AvgIpc) is 3.45. The fourth-order valence-electron chi connectivity index (χ4n) is 2.81. The van der Waals surface area contributed by atoms with Gasteiger partial charge >= 0.3 is 6.01 Å². The van der Waals surface area contributed by atoms with E-state index in [1.165, 1.54) is 11.3 Å². The Bertz CT molecular complexity index is 1190. The highest BCUT2D eigenvalue weighted by Crippen LogP contribution is 2.33. The number of nitrogens with zero attached hydrogens (tertiary/aromatic N) is 3. The molecule has 0 radical (unpaired) electrons. The number of aromatic nitrogens is 3. The number of methoxy groups -OCH3 is 2. The zero-order valence-electron chi connectivity index (χ0n) is 17.5. The number of nitrogens with one attached hydrogen (secondary N) is 2. The van der Waals surface area contributed by atoms with Crippen LogP contribution in [0.3, 0.4) is 0 Å². The largest absolute Gasteiger partial charge is 0.494 e. The van der Waals surface area contributed by atoms with Crippen LogP contribution in [0.25, 0.3) is 21.7 Å². The lowest BCUT2D eigenvalue weighted by Gasteiger charge is -2.07. The Morgan fingerprint density at radius 3 is 2.75 bits per heavy atom. The Hall–Kier alpha value is -3.70. The number of thiazole rings is 1. The van der Waals surface area contributed by atoms with Crippen molar-refractivity contribution in [3.05, 3.63) is 42.5 Å². The molecule has 2 aromatic carbocycles. The first-order valence-corrected chi connectivity index (χ1v) is 10.5. The van der Waals surface area contributed by atoms with Gasteiger partial charge in [0.2, 0.25) is 5.89 Å². The molecule has 0 saturated carbocycles. The predicted molar refractivity (Wildman–Crippen MR) is 120 cm³/mol. The van der Waals surface area contributed by atoms with E-state index in [1.807, 2.05) is 18.2 Å². The zero-order chi connectivity index (χ0) is 22.3. The number of para-hydroxylation sites is 1. The molecule has 0 aliphatic heterocycles. The number of carbonyl (C=O) groups excluding carboxylic acids is 1. The Morgan fingerprint density at radius 2 is 1.97 bits per heavy atom. The molecule has 4 aromatic rings. The van der Waals surface area contributed by atoms with Gasteiger partial charge in [-0.25, -0.2) is 4.98 Å².